The molecule has 0 aliphatic rings. The third kappa shape index (κ3) is 3.12. The predicted molar refractivity (Wildman–Crippen MR) is 86.3 cm³/mol. The molecule has 21 heavy (non-hydrogen) atoms. The second-order valence-electron chi connectivity index (χ2n) is 4.38. The standard InChI is InChI=1S/C14H11ClN2O2S2/c1-2-8-3-12-10(5-11(8)15)9(4-13(18)19-12)6-20-14-17-16-7-21-14/h3-5,7H,2,6H2,1H3. The lowest BCUT2D eigenvalue weighted by molar-refractivity contribution is 0.559. The number of aryl methyl sites for hydroxylation is 1. The van der Waals surface area contributed by atoms with Gasteiger partial charge in [-0.15, -0.1) is 10.2 Å². The molecule has 7 heteroatoms. The summed E-state index contributed by atoms with van der Waals surface area (Å²) in [5, 5.41) is 9.34. The molecule has 108 valence electrons. The summed E-state index contributed by atoms with van der Waals surface area (Å²) in [5.74, 6) is 0.624. The van der Waals surface area contributed by atoms with Crippen LogP contribution in [0, 0.1) is 0 Å². The number of nitrogens with zero attached hydrogens (tertiary/aromatic N) is 2. The van der Waals surface area contributed by atoms with Gasteiger partial charge in [-0.3, -0.25) is 0 Å². The van der Waals surface area contributed by atoms with Crippen molar-refractivity contribution in [1.29, 1.82) is 0 Å². The van der Waals surface area contributed by atoms with Crippen molar-refractivity contribution in [1.82, 2.24) is 10.2 Å². The molecule has 2 aromatic heterocycles. The molecular weight excluding hydrogens is 328 g/mol. The Morgan fingerprint density at radius 1 is 1.33 bits per heavy atom. The number of halogens is 1. The average molecular weight is 339 g/mol. The van der Waals surface area contributed by atoms with E-state index in [0.29, 0.717) is 16.4 Å². The topological polar surface area (TPSA) is 56.0 Å². The van der Waals surface area contributed by atoms with E-state index in [1.54, 1.807) is 17.3 Å². The van der Waals surface area contributed by atoms with Crippen molar-refractivity contribution in [3.8, 4) is 0 Å². The van der Waals surface area contributed by atoms with Crippen LogP contribution >= 0.6 is 34.7 Å². The van der Waals surface area contributed by atoms with Gasteiger partial charge in [-0.05, 0) is 29.7 Å². The Morgan fingerprint density at radius 2 is 2.19 bits per heavy atom. The van der Waals surface area contributed by atoms with Gasteiger partial charge in [-0.2, -0.15) is 0 Å². The third-order valence-corrected chi connectivity index (χ3v) is 5.33. The van der Waals surface area contributed by atoms with E-state index in [1.165, 1.54) is 17.4 Å². The van der Waals surface area contributed by atoms with E-state index < -0.39 is 0 Å². The van der Waals surface area contributed by atoms with E-state index in [2.05, 4.69) is 10.2 Å². The maximum atomic E-state index is 11.7. The third-order valence-electron chi connectivity index (χ3n) is 3.07. The van der Waals surface area contributed by atoms with Crippen molar-refractivity contribution >= 4 is 45.7 Å². The highest BCUT2D eigenvalue weighted by Gasteiger charge is 2.10. The average Bonchev–Trinajstić information content (AvgIpc) is 2.98. The Balaban J connectivity index is 2.04. The monoisotopic (exact) mass is 338 g/mol. The molecule has 1 aromatic carbocycles. The normalized spacial score (nSPS) is 11.1. The Labute approximate surface area is 134 Å². The summed E-state index contributed by atoms with van der Waals surface area (Å²) < 4.78 is 6.16. The highest BCUT2D eigenvalue weighted by atomic mass is 35.5. The molecule has 0 bridgehead atoms. The van der Waals surface area contributed by atoms with Gasteiger partial charge < -0.3 is 4.42 Å². The number of rotatable bonds is 4. The molecule has 0 atom stereocenters. The SMILES string of the molecule is CCc1cc2oc(=O)cc(CSc3nncs3)c2cc1Cl. The molecule has 0 radical (unpaired) electrons. The lowest BCUT2D eigenvalue weighted by Crippen LogP contribution is -2.00. The van der Waals surface area contributed by atoms with Crippen LogP contribution in [0.15, 0.2) is 37.3 Å². The Bertz CT molecular complexity index is 831. The Hall–Kier alpha value is -1.37. The lowest BCUT2D eigenvalue weighted by Gasteiger charge is -2.07. The molecule has 0 aliphatic carbocycles. The van der Waals surface area contributed by atoms with Crippen LogP contribution in [-0.2, 0) is 12.2 Å². The van der Waals surface area contributed by atoms with E-state index in [0.717, 1.165) is 27.3 Å². The lowest BCUT2D eigenvalue weighted by atomic mass is 10.1. The summed E-state index contributed by atoms with van der Waals surface area (Å²) in [5.41, 5.74) is 3.79. The molecule has 0 saturated carbocycles. The van der Waals surface area contributed by atoms with Gasteiger partial charge in [0.05, 0.1) is 0 Å². The van der Waals surface area contributed by atoms with Crippen molar-refractivity contribution in [2.24, 2.45) is 0 Å². The van der Waals surface area contributed by atoms with E-state index >= 15 is 0 Å². The molecule has 0 spiro atoms. The zero-order valence-electron chi connectivity index (χ0n) is 11.1. The summed E-state index contributed by atoms with van der Waals surface area (Å²) in [6.45, 7) is 2.01. The summed E-state index contributed by atoms with van der Waals surface area (Å²) >= 11 is 9.28. The minimum absolute atomic E-state index is 0.347. The van der Waals surface area contributed by atoms with Crippen molar-refractivity contribution in [3.63, 3.8) is 0 Å². The summed E-state index contributed by atoms with van der Waals surface area (Å²) in [6, 6.07) is 5.23. The second-order valence-corrected chi connectivity index (χ2v) is 6.84. The Morgan fingerprint density at radius 3 is 2.90 bits per heavy atom. The predicted octanol–water partition coefficient (Wildman–Crippen LogP) is 4.15. The summed E-state index contributed by atoms with van der Waals surface area (Å²) in [6.07, 6.45) is 0.794. The number of hydrogen-bond acceptors (Lipinski definition) is 6. The van der Waals surface area contributed by atoms with Crippen LogP contribution in [0.2, 0.25) is 5.02 Å². The van der Waals surface area contributed by atoms with Gasteiger partial charge in [0, 0.05) is 22.2 Å². The molecule has 0 amide bonds. The number of fused-ring (bicyclic) bond motifs is 1. The van der Waals surface area contributed by atoms with Crippen molar-refractivity contribution in [2.75, 3.05) is 0 Å². The van der Waals surface area contributed by atoms with Gasteiger partial charge in [0.2, 0.25) is 0 Å². The second kappa shape index (κ2) is 6.17. The molecule has 4 nitrogen and oxygen atoms in total. The molecule has 2 heterocycles. The zero-order valence-corrected chi connectivity index (χ0v) is 13.5. The van der Waals surface area contributed by atoms with Crippen LogP contribution in [0.4, 0.5) is 0 Å². The Kier molecular flexibility index (Phi) is 4.28. The largest absolute Gasteiger partial charge is 0.423 e. The van der Waals surface area contributed by atoms with E-state index in [4.69, 9.17) is 16.0 Å². The minimum atomic E-state index is -0.347. The summed E-state index contributed by atoms with van der Waals surface area (Å²) in [4.78, 5) is 11.7. The van der Waals surface area contributed by atoms with Gasteiger partial charge >= 0.3 is 5.63 Å². The van der Waals surface area contributed by atoms with E-state index in [1.807, 2.05) is 19.1 Å². The molecule has 0 aliphatic heterocycles. The fourth-order valence-electron chi connectivity index (χ4n) is 2.04. The molecule has 0 unspecified atom stereocenters. The first kappa shape index (κ1) is 14.6. The first-order valence-corrected chi connectivity index (χ1v) is 8.56. The van der Waals surface area contributed by atoms with Crippen molar-refractivity contribution in [3.05, 3.63) is 50.3 Å². The van der Waals surface area contributed by atoms with Crippen molar-refractivity contribution in [2.45, 2.75) is 23.4 Å². The maximum Gasteiger partial charge on any atom is 0.336 e. The fraction of sp³-hybridized carbons (Fsp3) is 0.214. The van der Waals surface area contributed by atoms with Gasteiger partial charge in [0.15, 0.2) is 4.34 Å². The van der Waals surface area contributed by atoms with Gasteiger partial charge in [0.1, 0.15) is 11.1 Å². The maximum absolute atomic E-state index is 11.7. The van der Waals surface area contributed by atoms with Crippen LogP contribution < -0.4 is 5.63 Å². The van der Waals surface area contributed by atoms with Crippen LogP contribution in [0.5, 0.6) is 0 Å². The van der Waals surface area contributed by atoms with Gasteiger partial charge in [-0.25, -0.2) is 4.79 Å². The molecule has 3 aromatic rings. The van der Waals surface area contributed by atoms with Crippen LogP contribution in [-0.4, -0.2) is 10.2 Å². The molecular formula is C14H11ClN2O2S2. The number of thioether (sulfide) groups is 1. The quantitative estimate of drug-likeness (QED) is 0.528. The molecule has 0 fully saturated rings. The van der Waals surface area contributed by atoms with Gasteiger partial charge in [-0.1, -0.05) is 41.6 Å². The molecule has 0 saturated heterocycles. The zero-order chi connectivity index (χ0) is 14.8. The van der Waals surface area contributed by atoms with Crippen LogP contribution in [0.1, 0.15) is 18.1 Å². The fourth-order valence-corrected chi connectivity index (χ4v) is 3.82. The van der Waals surface area contributed by atoms with Crippen LogP contribution in [0.3, 0.4) is 0 Å². The molecule has 0 N–H and O–H groups in total. The number of hydrogen-bond donors (Lipinski definition) is 0. The smallest absolute Gasteiger partial charge is 0.336 e. The summed E-state index contributed by atoms with van der Waals surface area (Å²) in [7, 11) is 0. The number of benzene rings is 1. The molecule has 3 rings (SSSR count). The number of aromatic nitrogens is 2. The van der Waals surface area contributed by atoms with E-state index in [-0.39, 0.29) is 5.63 Å². The first-order valence-electron chi connectivity index (χ1n) is 6.31. The van der Waals surface area contributed by atoms with Crippen LogP contribution in [0.25, 0.3) is 11.0 Å². The first-order chi connectivity index (χ1) is 10.2. The highest BCUT2D eigenvalue weighted by molar-refractivity contribution is 8.00. The van der Waals surface area contributed by atoms with Gasteiger partial charge in [0.25, 0.3) is 0 Å². The van der Waals surface area contributed by atoms with E-state index in [9.17, 15) is 4.79 Å². The highest BCUT2D eigenvalue weighted by Crippen LogP contribution is 2.30. The minimum Gasteiger partial charge on any atom is -0.423 e. The van der Waals surface area contributed by atoms with Crippen molar-refractivity contribution < 1.29 is 4.42 Å².